The van der Waals surface area contributed by atoms with Crippen LogP contribution in [0.1, 0.15) is 71.6 Å². The SMILES string of the molecule is CCC/C=C1\OC(=O)C2=C[C@H]3CC[C@]21C1C2=C(CCC13)C(CCCC)OC2=O. The smallest absolute Gasteiger partial charge is 0.339 e. The zero-order valence-corrected chi connectivity index (χ0v) is 17.0. The molecule has 4 heteroatoms. The molecule has 1 spiro atoms. The standard InChI is InChI=1S/C24H30O4/c1-3-5-7-18-16-10-9-15-14-11-12-24(21(15)20(16)23(26)27-18)17(13-14)22(25)28-19(24)8-6-4-2/h8,13-15,18,21H,3-7,9-12H2,1-2H3/b19-8-/t14-,15?,18?,21?,24+/m1/s1. The lowest BCUT2D eigenvalue weighted by Gasteiger charge is -2.54. The summed E-state index contributed by atoms with van der Waals surface area (Å²) < 4.78 is 11.7. The van der Waals surface area contributed by atoms with Crippen LogP contribution < -0.4 is 0 Å². The number of allylic oxidation sites excluding steroid dienone is 3. The molecule has 6 aliphatic rings. The van der Waals surface area contributed by atoms with E-state index in [1.807, 2.05) is 0 Å². The first-order chi connectivity index (χ1) is 13.6. The second kappa shape index (κ2) is 6.60. The van der Waals surface area contributed by atoms with Crippen LogP contribution in [0.3, 0.4) is 0 Å². The Bertz CT molecular complexity index is 816. The number of carbonyl (C=O) groups is 2. The van der Waals surface area contributed by atoms with Gasteiger partial charge in [-0.1, -0.05) is 32.8 Å². The maximum absolute atomic E-state index is 13.1. The van der Waals surface area contributed by atoms with Crippen LogP contribution in [0.15, 0.2) is 34.6 Å². The third kappa shape index (κ3) is 2.29. The van der Waals surface area contributed by atoms with Crippen LogP contribution in [0.2, 0.25) is 0 Å². The zero-order valence-electron chi connectivity index (χ0n) is 17.0. The molecule has 1 saturated heterocycles. The van der Waals surface area contributed by atoms with Gasteiger partial charge in [0.15, 0.2) is 0 Å². The lowest BCUT2D eigenvalue weighted by atomic mass is 9.46. The minimum atomic E-state index is -0.425. The van der Waals surface area contributed by atoms with E-state index >= 15 is 0 Å². The molecule has 0 N–H and O–H groups in total. The highest BCUT2D eigenvalue weighted by atomic mass is 16.6. The largest absolute Gasteiger partial charge is 0.454 e. The number of fused-ring (bicyclic) bond motifs is 1. The molecule has 0 aromatic carbocycles. The van der Waals surface area contributed by atoms with Gasteiger partial charge >= 0.3 is 11.9 Å². The number of unbranched alkanes of at least 4 members (excludes halogenated alkanes) is 2. The summed E-state index contributed by atoms with van der Waals surface area (Å²) in [7, 11) is 0. The predicted octanol–water partition coefficient (Wildman–Crippen LogP) is 5.00. The van der Waals surface area contributed by atoms with Crippen LogP contribution in [-0.2, 0) is 19.1 Å². The third-order valence-electron chi connectivity index (χ3n) is 7.80. The molecule has 28 heavy (non-hydrogen) atoms. The maximum Gasteiger partial charge on any atom is 0.339 e. The van der Waals surface area contributed by atoms with Gasteiger partial charge in [0.25, 0.3) is 0 Å². The first-order valence-electron chi connectivity index (χ1n) is 11.2. The molecule has 2 bridgehead atoms. The molecule has 5 atom stereocenters. The van der Waals surface area contributed by atoms with Crippen molar-refractivity contribution in [3.05, 3.63) is 34.6 Å². The number of carbonyl (C=O) groups excluding carboxylic acids is 2. The Morgan fingerprint density at radius 1 is 1.18 bits per heavy atom. The average Bonchev–Trinajstić information content (AvgIpc) is 3.19. The molecule has 4 aliphatic carbocycles. The van der Waals surface area contributed by atoms with Gasteiger partial charge in [-0.15, -0.1) is 0 Å². The van der Waals surface area contributed by atoms with Crippen molar-refractivity contribution in [2.75, 3.05) is 0 Å². The van der Waals surface area contributed by atoms with Crippen molar-refractivity contribution in [3.8, 4) is 0 Å². The molecular weight excluding hydrogens is 352 g/mol. The van der Waals surface area contributed by atoms with E-state index in [9.17, 15) is 9.59 Å². The van der Waals surface area contributed by atoms with E-state index in [4.69, 9.17) is 9.47 Å². The van der Waals surface area contributed by atoms with Crippen LogP contribution in [0.25, 0.3) is 0 Å². The molecule has 150 valence electrons. The minimum Gasteiger partial charge on any atom is -0.454 e. The van der Waals surface area contributed by atoms with Gasteiger partial charge in [0.1, 0.15) is 11.9 Å². The van der Waals surface area contributed by atoms with Gasteiger partial charge in [-0.25, -0.2) is 9.59 Å². The number of hydrogen-bond acceptors (Lipinski definition) is 4. The molecule has 2 heterocycles. The van der Waals surface area contributed by atoms with Gasteiger partial charge in [-0.2, -0.15) is 0 Å². The summed E-state index contributed by atoms with van der Waals surface area (Å²) in [6, 6.07) is 0. The fourth-order valence-electron chi connectivity index (χ4n) is 6.63. The monoisotopic (exact) mass is 382 g/mol. The molecule has 2 aliphatic heterocycles. The van der Waals surface area contributed by atoms with Crippen molar-refractivity contribution in [3.63, 3.8) is 0 Å². The quantitative estimate of drug-likeness (QED) is 0.628. The van der Waals surface area contributed by atoms with Gasteiger partial charge < -0.3 is 9.47 Å². The van der Waals surface area contributed by atoms with Gasteiger partial charge in [0, 0.05) is 17.1 Å². The van der Waals surface area contributed by atoms with Gasteiger partial charge in [-0.3, -0.25) is 0 Å². The van der Waals surface area contributed by atoms with Crippen molar-refractivity contribution < 1.29 is 19.1 Å². The summed E-state index contributed by atoms with van der Waals surface area (Å²) in [6.45, 7) is 4.31. The van der Waals surface area contributed by atoms with Crippen molar-refractivity contribution in [1.29, 1.82) is 0 Å². The van der Waals surface area contributed by atoms with E-state index < -0.39 is 5.41 Å². The molecule has 1 saturated carbocycles. The normalized spacial score (nSPS) is 39.5. The third-order valence-corrected chi connectivity index (χ3v) is 7.80. The number of rotatable bonds is 5. The minimum absolute atomic E-state index is 0.0474. The van der Waals surface area contributed by atoms with Crippen LogP contribution in [0, 0.1) is 23.2 Å². The first-order valence-corrected chi connectivity index (χ1v) is 11.2. The Hall–Kier alpha value is -1.84. The maximum atomic E-state index is 13.1. The lowest BCUT2D eigenvalue weighted by Crippen LogP contribution is -2.50. The zero-order chi connectivity index (χ0) is 19.5. The van der Waals surface area contributed by atoms with Crippen molar-refractivity contribution in [2.24, 2.45) is 23.2 Å². The fraction of sp³-hybridized carbons (Fsp3) is 0.667. The Morgan fingerprint density at radius 3 is 2.82 bits per heavy atom. The molecule has 3 unspecified atom stereocenters. The summed E-state index contributed by atoms with van der Waals surface area (Å²) >= 11 is 0. The fourth-order valence-corrected chi connectivity index (χ4v) is 6.63. The molecule has 0 amide bonds. The highest BCUT2D eigenvalue weighted by molar-refractivity contribution is 5.99. The molecule has 6 rings (SSSR count). The molecule has 0 radical (unpaired) electrons. The summed E-state index contributed by atoms with van der Waals surface area (Å²) in [5.41, 5.74) is 2.54. The van der Waals surface area contributed by atoms with Gasteiger partial charge in [-0.05, 0) is 68.4 Å². The highest BCUT2D eigenvalue weighted by Crippen LogP contribution is 2.68. The average molecular weight is 383 g/mol. The van der Waals surface area contributed by atoms with Crippen LogP contribution in [0.4, 0.5) is 0 Å². The van der Waals surface area contributed by atoms with E-state index in [0.29, 0.717) is 11.8 Å². The van der Waals surface area contributed by atoms with Crippen molar-refractivity contribution in [1.82, 2.24) is 0 Å². The highest BCUT2D eigenvalue weighted by Gasteiger charge is 2.66. The van der Waals surface area contributed by atoms with Crippen LogP contribution in [-0.4, -0.2) is 18.0 Å². The molecule has 0 aromatic rings. The molecule has 0 aromatic heterocycles. The van der Waals surface area contributed by atoms with E-state index in [0.717, 1.165) is 74.7 Å². The predicted molar refractivity (Wildman–Crippen MR) is 105 cm³/mol. The topological polar surface area (TPSA) is 52.6 Å². The first kappa shape index (κ1) is 18.2. The second-order valence-electron chi connectivity index (χ2n) is 9.16. The number of cyclic esters (lactones) is 2. The Morgan fingerprint density at radius 2 is 2.04 bits per heavy atom. The Kier molecular flexibility index (Phi) is 4.29. The van der Waals surface area contributed by atoms with Crippen LogP contribution >= 0.6 is 0 Å². The molecule has 2 fully saturated rings. The van der Waals surface area contributed by atoms with Crippen molar-refractivity contribution in [2.45, 2.75) is 77.7 Å². The lowest BCUT2D eigenvalue weighted by molar-refractivity contribution is -0.141. The Balaban J connectivity index is 1.63. The summed E-state index contributed by atoms with van der Waals surface area (Å²) in [5.74, 6) is 1.37. The van der Waals surface area contributed by atoms with E-state index in [1.54, 1.807) is 0 Å². The Labute approximate surface area is 167 Å². The van der Waals surface area contributed by atoms with Gasteiger partial charge in [0.2, 0.25) is 0 Å². The van der Waals surface area contributed by atoms with Gasteiger partial charge in [0.05, 0.1) is 5.41 Å². The van der Waals surface area contributed by atoms with E-state index in [1.165, 1.54) is 5.57 Å². The van der Waals surface area contributed by atoms with Crippen molar-refractivity contribution >= 4 is 11.9 Å². The van der Waals surface area contributed by atoms with Crippen LogP contribution in [0.5, 0.6) is 0 Å². The molecular formula is C24H30O4. The summed E-state index contributed by atoms with van der Waals surface area (Å²) in [6.07, 6.45) is 13.3. The number of hydrogen-bond donors (Lipinski definition) is 0. The second-order valence-corrected chi connectivity index (χ2v) is 9.16. The molecule has 4 nitrogen and oxygen atoms in total. The summed E-state index contributed by atoms with van der Waals surface area (Å²) in [5, 5.41) is 0. The van der Waals surface area contributed by atoms with E-state index in [2.05, 4.69) is 26.0 Å². The van der Waals surface area contributed by atoms with E-state index in [-0.39, 0.29) is 24.0 Å². The number of ether oxygens (including phenoxy) is 2. The number of esters is 2. The summed E-state index contributed by atoms with van der Waals surface area (Å²) in [4.78, 5) is 25.8.